The number of pyridine rings is 1. The van der Waals surface area contributed by atoms with E-state index in [1.807, 2.05) is 0 Å². The van der Waals surface area contributed by atoms with Crippen molar-refractivity contribution in [1.82, 2.24) is 10.3 Å². The average molecular weight is 190 g/mol. The van der Waals surface area contributed by atoms with Crippen molar-refractivity contribution in [3.8, 4) is 0 Å². The molecule has 1 fully saturated rings. The van der Waals surface area contributed by atoms with Gasteiger partial charge in [-0.25, -0.2) is 0 Å². The van der Waals surface area contributed by atoms with Gasteiger partial charge in [0.05, 0.1) is 0 Å². The van der Waals surface area contributed by atoms with Crippen molar-refractivity contribution < 1.29 is 0 Å². The second-order valence-electron chi connectivity index (χ2n) is 4.23. The highest BCUT2D eigenvalue weighted by atomic mass is 14.9. The highest BCUT2D eigenvalue weighted by Crippen LogP contribution is 2.23. The van der Waals surface area contributed by atoms with E-state index in [-0.39, 0.29) is 0 Å². The summed E-state index contributed by atoms with van der Waals surface area (Å²) in [5, 5.41) is 3.45. The monoisotopic (exact) mass is 190 g/mol. The van der Waals surface area contributed by atoms with E-state index >= 15 is 0 Å². The Balaban J connectivity index is 2.21. The molecule has 1 N–H and O–H groups in total. The lowest BCUT2D eigenvalue weighted by atomic mass is 9.91. The molecule has 2 nitrogen and oxygen atoms in total. The molecule has 2 heteroatoms. The van der Waals surface area contributed by atoms with Crippen molar-refractivity contribution in [1.29, 1.82) is 0 Å². The summed E-state index contributed by atoms with van der Waals surface area (Å²) < 4.78 is 0. The van der Waals surface area contributed by atoms with Gasteiger partial charge >= 0.3 is 0 Å². The largest absolute Gasteiger partial charge is 0.316 e. The Kier molecular flexibility index (Phi) is 2.82. The molecule has 0 radical (unpaired) electrons. The molecule has 76 valence electrons. The summed E-state index contributed by atoms with van der Waals surface area (Å²) >= 11 is 0. The maximum Gasteiger partial charge on any atom is 0.0378 e. The van der Waals surface area contributed by atoms with Crippen molar-refractivity contribution in [2.75, 3.05) is 13.1 Å². The summed E-state index contributed by atoms with van der Waals surface area (Å²) in [6.45, 7) is 6.46. The van der Waals surface area contributed by atoms with Crippen LogP contribution in [0.4, 0.5) is 0 Å². The molecular weight excluding hydrogens is 172 g/mol. The molecule has 0 amide bonds. The Bertz CT molecular complexity index is 294. The molecule has 0 bridgehead atoms. The maximum atomic E-state index is 4.41. The number of hydrogen-bond donors (Lipinski definition) is 1. The number of rotatable bonds is 1. The van der Waals surface area contributed by atoms with Crippen LogP contribution < -0.4 is 5.32 Å². The first kappa shape index (κ1) is 9.66. The van der Waals surface area contributed by atoms with Crippen LogP contribution in [0.1, 0.15) is 35.7 Å². The molecular formula is C12H18N2. The van der Waals surface area contributed by atoms with Gasteiger partial charge in [-0.05, 0) is 56.8 Å². The third-order valence-electron chi connectivity index (χ3n) is 2.87. The molecule has 0 aliphatic carbocycles. The van der Waals surface area contributed by atoms with Crippen LogP contribution >= 0.6 is 0 Å². The molecule has 1 aromatic heterocycles. The van der Waals surface area contributed by atoms with E-state index in [1.54, 1.807) is 0 Å². The van der Waals surface area contributed by atoms with Crippen LogP contribution in [-0.4, -0.2) is 18.1 Å². The van der Waals surface area contributed by atoms with Gasteiger partial charge in [-0.2, -0.15) is 0 Å². The van der Waals surface area contributed by atoms with Crippen molar-refractivity contribution in [3.05, 3.63) is 29.1 Å². The minimum Gasteiger partial charge on any atom is -0.316 e. The van der Waals surface area contributed by atoms with E-state index in [4.69, 9.17) is 0 Å². The summed E-state index contributed by atoms with van der Waals surface area (Å²) in [5.41, 5.74) is 3.75. The number of aryl methyl sites for hydroxylation is 2. The molecule has 0 saturated carbocycles. The van der Waals surface area contributed by atoms with Crippen molar-refractivity contribution >= 4 is 0 Å². The zero-order valence-corrected chi connectivity index (χ0v) is 9.01. The predicted octanol–water partition coefficient (Wildman–Crippen LogP) is 2.17. The van der Waals surface area contributed by atoms with Crippen LogP contribution in [0.5, 0.6) is 0 Å². The molecule has 14 heavy (non-hydrogen) atoms. The third kappa shape index (κ3) is 2.13. The first-order valence-corrected chi connectivity index (χ1v) is 5.41. The quantitative estimate of drug-likeness (QED) is 0.734. The van der Waals surface area contributed by atoms with Gasteiger partial charge in [0, 0.05) is 17.9 Å². The van der Waals surface area contributed by atoms with Gasteiger partial charge < -0.3 is 5.32 Å². The third-order valence-corrected chi connectivity index (χ3v) is 2.87. The Labute approximate surface area is 85.7 Å². The summed E-state index contributed by atoms with van der Waals surface area (Å²) in [5.74, 6) is 0.698. The number of hydrogen-bond acceptors (Lipinski definition) is 2. The van der Waals surface area contributed by atoms with Crippen LogP contribution in [0.25, 0.3) is 0 Å². The zero-order chi connectivity index (χ0) is 9.97. The number of nitrogens with zero attached hydrogens (tertiary/aromatic N) is 1. The van der Waals surface area contributed by atoms with Gasteiger partial charge in [-0.1, -0.05) is 0 Å². The maximum absolute atomic E-state index is 4.41. The Morgan fingerprint density at radius 3 is 2.57 bits per heavy atom. The first-order valence-electron chi connectivity index (χ1n) is 5.41. The van der Waals surface area contributed by atoms with Crippen molar-refractivity contribution in [3.63, 3.8) is 0 Å². The van der Waals surface area contributed by atoms with Crippen LogP contribution in [-0.2, 0) is 0 Å². The number of nitrogens with one attached hydrogen (secondary N) is 1. The lowest BCUT2D eigenvalue weighted by molar-refractivity contribution is 0.461. The fraction of sp³-hybridized carbons (Fsp3) is 0.583. The topological polar surface area (TPSA) is 24.9 Å². The average Bonchev–Trinajstić information content (AvgIpc) is 2.18. The highest BCUT2D eigenvalue weighted by molar-refractivity contribution is 5.24. The van der Waals surface area contributed by atoms with E-state index in [0.717, 1.165) is 17.9 Å². The molecule has 1 aromatic rings. The van der Waals surface area contributed by atoms with E-state index < -0.39 is 0 Å². The second-order valence-corrected chi connectivity index (χ2v) is 4.23. The van der Waals surface area contributed by atoms with E-state index in [9.17, 15) is 0 Å². The Hall–Kier alpha value is -0.890. The van der Waals surface area contributed by atoms with E-state index in [1.165, 1.54) is 24.9 Å². The van der Waals surface area contributed by atoms with Crippen molar-refractivity contribution in [2.24, 2.45) is 0 Å². The lowest BCUT2D eigenvalue weighted by Crippen LogP contribution is -2.28. The van der Waals surface area contributed by atoms with Gasteiger partial charge in [0.2, 0.25) is 0 Å². The molecule has 1 unspecified atom stereocenters. The highest BCUT2D eigenvalue weighted by Gasteiger charge is 2.15. The fourth-order valence-corrected chi connectivity index (χ4v) is 2.24. The molecule has 1 aliphatic heterocycles. The van der Waals surface area contributed by atoms with Gasteiger partial charge in [0.1, 0.15) is 0 Å². The number of piperidine rings is 1. The molecule has 2 heterocycles. The summed E-state index contributed by atoms with van der Waals surface area (Å²) in [6, 6.07) is 4.45. The molecule has 2 rings (SSSR count). The minimum atomic E-state index is 0.698. The Morgan fingerprint density at radius 2 is 2.00 bits per heavy atom. The van der Waals surface area contributed by atoms with Gasteiger partial charge in [-0.15, -0.1) is 0 Å². The summed E-state index contributed by atoms with van der Waals surface area (Å²) in [6.07, 6.45) is 2.61. The van der Waals surface area contributed by atoms with Gasteiger partial charge in [0.25, 0.3) is 0 Å². The summed E-state index contributed by atoms with van der Waals surface area (Å²) in [7, 11) is 0. The molecule has 1 aliphatic rings. The van der Waals surface area contributed by atoms with Crippen LogP contribution in [0.3, 0.4) is 0 Å². The zero-order valence-electron chi connectivity index (χ0n) is 9.01. The lowest BCUT2D eigenvalue weighted by Gasteiger charge is -2.23. The van der Waals surface area contributed by atoms with Crippen LogP contribution in [0.15, 0.2) is 12.1 Å². The van der Waals surface area contributed by atoms with E-state index in [2.05, 4.69) is 36.3 Å². The standard InChI is InChI=1S/C12H18N2/c1-9-6-12(7-10(2)14-9)11-4-3-5-13-8-11/h6-7,11,13H,3-5,8H2,1-2H3. The van der Waals surface area contributed by atoms with Crippen molar-refractivity contribution in [2.45, 2.75) is 32.6 Å². The fourth-order valence-electron chi connectivity index (χ4n) is 2.24. The van der Waals surface area contributed by atoms with Crippen LogP contribution in [0, 0.1) is 13.8 Å². The first-order chi connectivity index (χ1) is 6.75. The minimum absolute atomic E-state index is 0.698. The molecule has 1 atom stereocenters. The molecule has 0 spiro atoms. The van der Waals surface area contributed by atoms with Gasteiger partial charge in [0.15, 0.2) is 0 Å². The summed E-state index contributed by atoms with van der Waals surface area (Å²) in [4.78, 5) is 4.41. The van der Waals surface area contributed by atoms with Gasteiger partial charge in [-0.3, -0.25) is 4.98 Å². The number of aromatic nitrogens is 1. The van der Waals surface area contributed by atoms with Crippen LogP contribution in [0.2, 0.25) is 0 Å². The second kappa shape index (κ2) is 4.09. The molecule has 1 saturated heterocycles. The SMILES string of the molecule is Cc1cc(C2CCCNC2)cc(C)n1. The predicted molar refractivity (Wildman–Crippen MR) is 58.6 cm³/mol. The smallest absolute Gasteiger partial charge is 0.0378 e. The normalized spacial score (nSPS) is 22.3. The molecule has 0 aromatic carbocycles. The Morgan fingerprint density at radius 1 is 1.29 bits per heavy atom. The van der Waals surface area contributed by atoms with E-state index in [0.29, 0.717) is 5.92 Å².